The van der Waals surface area contributed by atoms with Crippen LogP contribution in [-0.4, -0.2) is 41.2 Å². The van der Waals surface area contributed by atoms with Crippen LogP contribution in [0.25, 0.3) is 0 Å². The third-order valence-electron chi connectivity index (χ3n) is 4.94. The number of para-hydroxylation sites is 1. The molecule has 0 aliphatic heterocycles. The first-order chi connectivity index (χ1) is 14.8. The van der Waals surface area contributed by atoms with Gasteiger partial charge in [0, 0.05) is 24.6 Å². The van der Waals surface area contributed by atoms with Gasteiger partial charge in [-0.1, -0.05) is 38.1 Å². The first-order valence-corrected chi connectivity index (χ1v) is 10.1. The summed E-state index contributed by atoms with van der Waals surface area (Å²) in [5, 5.41) is 10.1. The third-order valence-corrected chi connectivity index (χ3v) is 4.94. The maximum absolute atomic E-state index is 12.6. The zero-order valence-corrected chi connectivity index (χ0v) is 18.3. The standard InChI is InChI=1S/C24H29NO6/c1-6-15(2)23(31-18-10-8-7-9-11-18)17(4)30-24(28)16(3)14-19(26)21-22(27)20(29-5)12-13-25-21/h6-13,15-17,23,27H,1,14H2,2-5H3/t15-,16+,17-,23+/m0/s1. The zero-order chi connectivity index (χ0) is 23.0. The van der Waals surface area contributed by atoms with Gasteiger partial charge in [-0.2, -0.15) is 0 Å². The van der Waals surface area contributed by atoms with E-state index in [-0.39, 0.29) is 29.5 Å². The van der Waals surface area contributed by atoms with Gasteiger partial charge in [-0.15, -0.1) is 6.58 Å². The molecule has 0 aliphatic carbocycles. The van der Waals surface area contributed by atoms with Gasteiger partial charge in [-0.05, 0) is 19.1 Å². The van der Waals surface area contributed by atoms with Crippen LogP contribution < -0.4 is 9.47 Å². The Hall–Kier alpha value is -3.35. The number of aromatic hydroxyl groups is 1. The van der Waals surface area contributed by atoms with E-state index >= 15 is 0 Å². The summed E-state index contributed by atoms with van der Waals surface area (Å²) < 4.78 is 16.6. The summed E-state index contributed by atoms with van der Waals surface area (Å²) in [5.41, 5.74) is -0.141. The Bertz CT molecular complexity index is 898. The maximum atomic E-state index is 12.6. The summed E-state index contributed by atoms with van der Waals surface area (Å²) in [4.78, 5) is 29.1. The number of pyridine rings is 1. The number of benzene rings is 1. The molecule has 0 unspecified atom stereocenters. The topological polar surface area (TPSA) is 95.0 Å². The van der Waals surface area contributed by atoms with Crippen LogP contribution in [0.15, 0.2) is 55.3 Å². The van der Waals surface area contributed by atoms with Crippen molar-refractivity contribution in [2.24, 2.45) is 11.8 Å². The van der Waals surface area contributed by atoms with Crippen molar-refractivity contribution in [3.05, 3.63) is 60.9 Å². The predicted octanol–water partition coefficient (Wildman–Crippen LogP) is 4.21. The number of methoxy groups -OCH3 is 1. The van der Waals surface area contributed by atoms with Gasteiger partial charge in [-0.25, -0.2) is 4.98 Å². The highest BCUT2D eigenvalue weighted by Crippen LogP contribution is 2.29. The van der Waals surface area contributed by atoms with E-state index in [1.807, 2.05) is 37.3 Å². The van der Waals surface area contributed by atoms with Gasteiger partial charge in [-0.3, -0.25) is 9.59 Å². The Morgan fingerprint density at radius 2 is 1.84 bits per heavy atom. The van der Waals surface area contributed by atoms with Crippen molar-refractivity contribution in [2.75, 3.05) is 7.11 Å². The highest BCUT2D eigenvalue weighted by atomic mass is 16.6. The summed E-state index contributed by atoms with van der Waals surface area (Å²) >= 11 is 0. The molecule has 0 radical (unpaired) electrons. The molecule has 0 fully saturated rings. The average molecular weight is 427 g/mol. The number of esters is 1. The van der Waals surface area contributed by atoms with Gasteiger partial charge in [0.15, 0.2) is 23.0 Å². The number of rotatable bonds is 11. The number of carbonyl (C=O) groups is 2. The lowest BCUT2D eigenvalue weighted by atomic mass is 9.99. The van der Waals surface area contributed by atoms with Gasteiger partial charge in [0.1, 0.15) is 18.0 Å². The fourth-order valence-electron chi connectivity index (χ4n) is 3.05. The summed E-state index contributed by atoms with van der Waals surface area (Å²) in [7, 11) is 1.38. The zero-order valence-electron chi connectivity index (χ0n) is 18.3. The summed E-state index contributed by atoms with van der Waals surface area (Å²) in [6, 6.07) is 10.7. The van der Waals surface area contributed by atoms with E-state index in [1.54, 1.807) is 19.9 Å². The van der Waals surface area contributed by atoms with Crippen LogP contribution in [0.2, 0.25) is 0 Å². The predicted molar refractivity (Wildman–Crippen MR) is 116 cm³/mol. The fourth-order valence-corrected chi connectivity index (χ4v) is 3.05. The Morgan fingerprint density at radius 3 is 2.45 bits per heavy atom. The smallest absolute Gasteiger partial charge is 0.309 e. The fraction of sp³-hybridized carbons (Fsp3) is 0.375. The van der Waals surface area contributed by atoms with Crippen molar-refractivity contribution in [1.29, 1.82) is 0 Å². The van der Waals surface area contributed by atoms with Gasteiger partial charge in [0.2, 0.25) is 0 Å². The van der Waals surface area contributed by atoms with E-state index in [0.717, 1.165) is 0 Å². The molecule has 1 N–H and O–H groups in total. The van der Waals surface area contributed by atoms with E-state index in [4.69, 9.17) is 14.2 Å². The molecule has 2 rings (SSSR count). The van der Waals surface area contributed by atoms with Crippen LogP contribution in [0.5, 0.6) is 17.2 Å². The lowest BCUT2D eigenvalue weighted by Gasteiger charge is -2.29. The van der Waals surface area contributed by atoms with Crippen molar-refractivity contribution in [3.8, 4) is 17.2 Å². The molecule has 0 saturated heterocycles. The highest BCUT2D eigenvalue weighted by Gasteiger charge is 2.30. The third kappa shape index (κ3) is 6.31. The molecule has 0 amide bonds. The average Bonchev–Trinajstić information content (AvgIpc) is 2.77. The van der Waals surface area contributed by atoms with Gasteiger partial charge in [0.25, 0.3) is 0 Å². The summed E-state index contributed by atoms with van der Waals surface area (Å²) in [5.74, 6) is -1.39. The van der Waals surface area contributed by atoms with E-state index in [9.17, 15) is 14.7 Å². The first-order valence-electron chi connectivity index (χ1n) is 10.1. The lowest BCUT2D eigenvalue weighted by Crippen LogP contribution is -2.39. The molecule has 0 saturated carbocycles. The molecule has 2 aromatic rings. The maximum Gasteiger partial charge on any atom is 0.309 e. The molecule has 0 spiro atoms. The number of nitrogens with zero attached hydrogens (tertiary/aromatic N) is 1. The Morgan fingerprint density at radius 1 is 1.16 bits per heavy atom. The molecule has 7 heteroatoms. The van der Waals surface area contributed by atoms with Crippen LogP contribution in [-0.2, 0) is 9.53 Å². The monoisotopic (exact) mass is 427 g/mol. The molecule has 1 heterocycles. The second-order valence-electron chi connectivity index (χ2n) is 7.37. The SMILES string of the molecule is C=C[C@H](C)[C@@H](Oc1ccccc1)[C@H](C)OC(=O)[C@H](C)CC(=O)c1nccc(OC)c1O. The van der Waals surface area contributed by atoms with Crippen LogP contribution in [0.3, 0.4) is 0 Å². The summed E-state index contributed by atoms with van der Waals surface area (Å²) in [6.07, 6.45) is 1.90. The lowest BCUT2D eigenvalue weighted by molar-refractivity contribution is -0.158. The van der Waals surface area contributed by atoms with E-state index in [2.05, 4.69) is 11.6 Å². The minimum atomic E-state index is -0.737. The second-order valence-corrected chi connectivity index (χ2v) is 7.37. The molecule has 1 aromatic carbocycles. The number of ketones is 1. The van der Waals surface area contributed by atoms with Crippen molar-refractivity contribution >= 4 is 11.8 Å². The number of Topliss-reactive ketones (excluding diaryl/α,β-unsaturated/α-hetero) is 1. The van der Waals surface area contributed by atoms with Crippen molar-refractivity contribution in [2.45, 2.75) is 39.4 Å². The van der Waals surface area contributed by atoms with Gasteiger partial charge in [0.05, 0.1) is 13.0 Å². The van der Waals surface area contributed by atoms with Crippen molar-refractivity contribution in [1.82, 2.24) is 4.98 Å². The molecular formula is C24H29NO6. The minimum absolute atomic E-state index is 0.0853. The van der Waals surface area contributed by atoms with Crippen LogP contribution in [0.1, 0.15) is 37.7 Å². The van der Waals surface area contributed by atoms with Gasteiger partial charge < -0.3 is 19.3 Å². The highest BCUT2D eigenvalue weighted by molar-refractivity contribution is 5.99. The molecule has 31 heavy (non-hydrogen) atoms. The number of hydrogen-bond acceptors (Lipinski definition) is 7. The second kappa shape index (κ2) is 11.2. The number of aromatic nitrogens is 1. The molecule has 0 aliphatic rings. The van der Waals surface area contributed by atoms with Crippen molar-refractivity contribution < 1.29 is 28.9 Å². The largest absolute Gasteiger partial charge is 0.503 e. The molecule has 166 valence electrons. The number of ether oxygens (including phenoxy) is 3. The Kier molecular flexibility index (Phi) is 8.61. The van der Waals surface area contributed by atoms with Crippen LogP contribution in [0.4, 0.5) is 0 Å². The molecule has 4 atom stereocenters. The van der Waals surface area contributed by atoms with E-state index < -0.39 is 29.9 Å². The molecule has 1 aromatic heterocycles. The normalized spacial score (nSPS) is 14.6. The number of carbonyl (C=O) groups excluding carboxylic acids is 2. The molecular weight excluding hydrogens is 398 g/mol. The van der Waals surface area contributed by atoms with Gasteiger partial charge >= 0.3 is 5.97 Å². The Balaban J connectivity index is 2.04. The minimum Gasteiger partial charge on any atom is -0.503 e. The van der Waals surface area contributed by atoms with Crippen LogP contribution in [0, 0.1) is 11.8 Å². The van der Waals surface area contributed by atoms with E-state index in [1.165, 1.54) is 19.4 Å². The van der Waals surface area contributed by atoms with Crippen molar-refractivity contribution in [3.63, 3.8) is 0 Å². The first kappa shape index (κ1) is 23.9. The number of hydrogen-bond donors (Lipinski definition) is 1. The Labute approximate surface area is 182 Å². The quantitative estimate of drug-likeness (QED) is 0.326. The molecule has 7 nitrogen and oxygen atoms in total. The molecule has 0 bridgehead atoms. The van der Waals surface area contributed by atoms with E-state index in [0.29, 0.717) is 5.75 Å². The summed E-state index contributed by atoms with van der Waals surface area (Å²) in [6.45, 7) is 9.07. The van der Waals surface area contributed by atoms with Crippen LogP contribution >= 0.6 is 0 Å².